The molecule has 0 bridgehead atoms. The molecule has 0 saturated carbocycles. The summed E-state index contributed by atoms with van der Waals surface area (Å²) in [5, 5.41) is 10.3. The van der Waals surface area contributed by atoms with Crippen LogP contribution in [-0.4, -0.2) is 23.5 Å². The maximum absolute atomic E-state index is 12.2. The molecule has 0 radical (unpaired) electrons. The lowest BCUT2D eigenvalue weighted by atomic mass is 9.97. The molecule has 6 nitrogen and oxygen atoms in total. The highest BCUT2D eigenvalue weighted by Gasteiger charge is 2.12. The molecule has 1 aliphatic carbocycles. The second kappa shape index (κ2) is 9.15. The van der Waals surface area contributed by atoms with Gasteiger partial charge >= 0.3 is 6.03 Å². The monoisotopic (exact) mass is 370 g/mol. The van der Waals surface area contributed by atoms with Crippen LogP contribution in [0.5, 0.6) is 0 Å². The summed E-state index contributed by atoms with van der Waals surface area (Å²) >= 11 is 1.22. The van der Waals surface area contributed by atoms with E-state index in [1.165, 1.54) is 29.8 Å². The Bertz CT molecular complexity index is 786. The predicted molar refractivity (Wildman–Crippen MR) is 105 cm³/mol. The number of benzene rings is 1. The van der Waals surface area contributed by atoms with Crippen molar-refractivity contribution >= 4 is 34.1 Å². The molecule has 1 aromatic heterocycles. The molecule has 0 fully saturated rings. The Hall–Kier alpha value is -2.67. The summed E-state index contributed by atoms with van der Waals surface area (Å²) in [5.41, 5.74) is 2.44. The van der Waals surface area contributed by atoms with Crippen LogP contribution in [0, 0.1) is 0 Å². The standard InChI is InChI=1S/C19H22N4O2S/c24-17(20-12-11-14-7-3-1-4-8-14)16-13-26-19(22-16)23-18(25)21-15-9-5-2-6-10-15/h2,5-7,9-10,13H,1,3-4,8,11-12H2,(H,20,24)(H2,21,22,23,25). The average molecular weight is 370 g/mol. The van der Waals surface area contributed by atoms with Gasteiger partial charge in [0, 0.05) is 17.6 Å². The van der Waals surface area contributed by atoms with Gasteiger partial charge in [-0.25, -0.2) is 9.78 Å². The summed E-state index contributed by atoms with van der Waals surface area (Å²) in [6.45, 7) is 0.611. The fourth-order valence-corrected chi connectivity index (χ4v) is 3.46. The molecule has 26 heavy (non-hydrogen) atoms. The number of allylic oxidation sites excluding steroid dienone is 1. The number of anilines is 2. The van der Waals surface area contributed by atoms with Gasteiger partial charge in [0.05, 0.1) is 0 Å². The van der Waals surface area contributed by atoms with Crippen LogP contribution in [0.4, 0.5) is 15.6 Å². The highest BCUT2D eigenvalue weighted by atomic mass is 32.1. The molecular formula is C19H22N4O2S. The number of carbonyl (C=O) groups excluding carboxylic acids is 2. The minimum atomic E-state index is -0.387. The molecule has 2 aromatic rings. The molecule has 0 saturated heterocycles. The molecule has 0 spiro atoms. The first kappa shape index (κ1) is 18.1. The molecule has 136 valence electrons. The molecule has 0 atom stereocenters. The van der Waals surface area contributed by atoms with Crippen LogP contribution in [0.25, 0.3) is 0 Å². The lowest BCUT2D eigenvalue weighted by Crippen LogP contribution is -2.25. The largest absolute Gasteiger partial charge is 0.350 e. The van der Waals surface area contributed by atoms with E-state index in [2.05, 4.69) is 27.0 Å². The van der Waals surface area contributed by atoms with Gasteiger partial charge in [-0.1, -0.05) is 29.8 Å². The van der Waals surface area contributed by atoms with Crippen molar-refractivity contribution in [2.24, 2.45) is 0 Å². The molecular weight excluding hydrogens is 348 g/mol. The van der Waals surface area contributed by atoms with E-state index in [1.54, 1.807) is 17.5 Å². The Kier molecular flexibility index (Phi) is 6.38. The highest BCUT2D eigenvalue weighted by Crippen LogP contribution is 2.20. The maximum Gasteiger partial charge on any atom is 0.325 e. The van der Waals surface area contributed by atoms with Crippen LogP contribution < -0.4 is 16.0 Å². The quantitative estimate of drug-likeness (QED) is 0.659. The zero-order valence-corrected chi connectivity index (χ0v) is 15.3. The smallest absolute Gasteiger partial charge is 0.325 e. The number of nitrogens with zero attached hydrogens (tertiary/aromatic N) is 1. The zero-order chi connectivity index (χ0) is 18.2. The highest BCUT2D eigenvalue weighted by molar-refractivity contribution is 7.14. The minimum absolute atomic E-state index is 0.214. The Labute approximate surface area is 156 Å². The summed E-state index contributed by atoms with van der Waals surface area (Å²) in [6, 6.07) is 8.75. The molecule has 1 heterocycles. The van der Waals surface area contributed by atoms with Crippen LogP contribution in [0.3, 0.4) is 0 Å². The van der Waals surface area contributed by atoms with Gasteiger partial charge in [-0.2, -0.15) is 0 Å². The molecule has 1 aliphatic rings. The lowest BCUT2D eigenvalue weighted by Gasteiger charge is -2.12. The van der Waals surface area contributed by atoms with Crippen LogP contribution in [0.2, 0.25) is 0 Å². The number of aromatic nitrogens is 1. The first-order chi connectivity index (χ1) is 12.7. The predicted octanol–water partition coefficient (Wildman–Crippen LogP) is 4.41. The van der Waals surface area contributed by atoms with E-state index in [0.717, 1.165) is 19.3 Å². The molecule has 3 N–H and O–H groups in total. The van der Waals surface area contributed by atoms with E-state index >= 15 is 0 Å². The second-order valence-corrected chi connectivity index (χ2v) is 6.96. The number of rotatable bonds is 6. The number of thiazole rings is 1. The van der Waals surface area contributed by atoms with E-state index in [1.807, 2.05) is 18.2 Å². The molecule has 3 amide bonds. The summed E-state index contributed by atoms with van der Waals surface area (Å²) < 4.78 is 0. The SMILES string of the molecule is O=C(Nc1ccccc1)Nc1nc(C(=O)NCCC2=CCCCC2)cs1. The van der Waals surface area contributed by atoms with Gasteiger partial charge in [0.15, 0.2) is 5.13 Å². The Morgan fingerprint density at radius 1 is 1.12 bits per heavy atom. The average Bonchev–Trinajstić information content (AvgIpc) is 3.12. The van der Waals surface area contributed by atoms with E-state index in [-0.39, 0.29) is 11.9 Å². The number of amides is 3. The van der Waals surface area contributed by atoms with Crippen LogP contribution in [-0.2, 0) is 0 Å². The third-order valence-corrected chi connectivity index (χ3v) is 4.86. The van der Waals surface area contributed by atoms with Crippen LogP contribution in [0.15, 0.2) is 47.4 Å². The third kappa shape index (κ3) is 5.42. The zero-order valence-electron chi connectivity index (χ0n) is 14.5. The summed E-state index contributed by atoms with van der Waals surface area (Å²) in [5.74, 6) is -0.214. The Morgan fingerprint density at radius 2 is 1.96 bits per heavy atom. The van der Waals surface area contributed by atoms with Crippen LogP contribution >= 0.6 is 11.3 Å². The van der Waals surface area contributed by atoms with Gasteiger partial charge in [0.1, 0.15) is 5.69 Å². The van der Waals surface area contributed by atoms with Crippen molar-refractivity contribution in [3.63, 3.8) is 0 Å². The first-order valence-corrected chi connectivity index (χ1v) is 9.63. The summed E-state index contributed by atoms with van der Waals surface area (Å²) in [7, 11) is 0. The summed E-state index contributed by atoms with van der Waals surface area (Å²) in [4.78, 5) is 28.3. The van der Waals surface area contributed by atoms with Crippen molar-refractivity contribution in [1.29, 1.82) is 0 Å². The molecule has 0 unspecified atom stereocenters. The Morgan fingerprint density at radius 3 is 2.73 bits per heavy atom. The van der Waals surface area contributed by atoms with E-state index < -0.39 is 0 Å². The van der Waals surface area contributed by atoms with Crippen LogP contribution in [0.1, 0.15) is 42.6 Å². The summed E-state index contributed by atoms with van der Waals surface area (Å²) in [6.07, 6.45) is 7.97. The normalized spacial score (nSPS) is 13.6. The van der Waals surface area contributed by atoms with Gasteiger partial charge < -0.3 is 10.6 Å². The lowest BCUT2D eigenvalue weighted by molar-refractivity contribution is 0.0950. The van der Waals surface area contributed by atoms with Crippen molar-refractivity contribution < 1.29 is 9.59 Å². The van der Waals surface area contributed by atoms with Gasteiger partial charge in [0.2, 0.25) is 0 Å². The van der Waals surface area contributed by atoms with E-state index in [9.17, 15) is 9.59 Å². The first-order valence-electron chi connectivity index (χ1n) is 8.75. The van der Waals surface area contributed by atoms with Gasteiger partial charge in [-0.3, -0.25) is 10.1 Å². The number of carbonyl (C=O) groups is 2. The fourth-order valence-electron chi connectivity index (χ4n) is 2.78. The molecule has 7 heteroatoms. The number of nitrogens with one attached hydrogen (secondary N) is 3. The molecule has 3 rings (SSSR count). The molecule has 0 aliphatic heterocycles. The number of urea groups is 1. The number of hydrogen-bond acceptors (Lipinski definition) is 4. The topological polar surface area (TPSA) is 83.1 Å². The van der Waals surface area contributed by atoms with Gasteiger partial charge in [-0.15, -0.1) is 11.3 Å². The van der Waals surface area contributed by atoms with E-state index in [0.29, 0.717) is 23.1 Å². The van der Waals surface area contributed by atoms with Crippen molar-refractivity contribution in [2.45, 2.75) is 32.1 Å². The number of hydrogen-bond donors (Lipinski definition) is 3. The fraction of sp³-hybridized carbons (Fsp3) is 0.316. The van der Waals surface area contributed by atoms with Gasteiger partial charge in [0.25, 0.3) is 5.91 Å². The van der Waals surface area contributed by atoms with E-state index in [4.69, 9.17) is 0 Å². The number of para-hydroxylation sites is 1. The van der Waals surface area contributed by atoms with Crippen molar-refractivity contribution in [3.8, 4) is 0 Å². The minimum Gasteiger partial charge on any atom is -0.350 e. The molecule has 1 aromatic carbocycles. The van der Waals surface area contributed by atoms with Gasteiger partial charge in [-0.05, 0) is 44.2 Å². The van der Waals surface area contributed by atoms with Crippen molar-refractivity contribution in [2.75, 3.05) is 17.2 Å². The maximum atomic E-state index is 12.2. The third-order valence-electron chi connectivity index (χ3n) is 4.11. The Balaban J connectivity index is 1.45. The van der Waals surface area contributed by atoms with Crippen molar-refractivity contribution in [3.05, 3.63) is 53.1 Å². The van der Waals surface area contributed by atoms with Crippen molar-refractivity contribution in [1.82, 2.24) is 10.3 Å². The second-order valence-electron chi connectivity index (χ2n) is 6.10.